The number of H-pyrrole nitrogens is 1. The first kappa shape index (κ1) is 16.8. The van der Waals surface area contributed by atoms with Gasteiger partial charge in [-0.2, -0.15) is 0 Å². The smallest absolute Gasteiger partial charge is 0.355 e. The standard InChI is InChI=1S/C15H16N2O5S/c1-10(22-15(19)13-4-3-9-16-13)14(18)11-5-7-12(8-6-11)17-23(2,20)21/h3-10,16-17H,1-2H3/t10-/m1/s1. The van der Waals surface area contributed by atoms with Gasteiger partial charge in [-0.1, -0.05) is 0 Å². The number of nitrogens with one attached hydrogen (secondary N) is 2. The Balaban J connectivity index is 2.03. The van der Waals surface area contributed by atoms with Crippen LogP contribution in [0.5, 0.6) is 0 Å². The van der Waals surface area contributed by atoms with Gasteiger partial charge in [0.25, 0.3) is 0 Å². The number of ketones is 1. The number of anilines is 1. The van der Waals surface area contributed by atoms with Crippen LogP contribution in [0, 0.1) is 0 Å². The van der Waals surface area contributed by atoms with Crippen molar-refractivity contribution in [2.75, 3.05) is 11.0 Å². The molecule has 0 saturated heterocycles. The van der Waals surface area contributed by atoms with Gasteiger partial charge in [-0.25, -0.2) is 13.2 Å². The number of aromatic nitrogens is 1. The van der Waals surface area contributed by atoms with Crippen LogP contribution in [0.2, 0.25) is 0 Å². The lowest BCUT2D eigenvalue weighted by molar-refractivity contribution is 0.0314. The summed E-state index contributed by atoms with van der Waals surface area (Å²) in [5.74, 6) is -0.998. The highest BCUT2D eigenvalue weighted by Gasteiger charge is 2.20. The Labute approximate surface area is 133 Å². The quantitative estimate of drug-likeness (QED) is 0.618. The first-order valence-electron chi connectivity index (χ1n) is 6.73. The number of carbonyl (C=O) groups is 2. The fourth-order valence-electron chi connectivity index (χ4n) is 1.89. The van der Waals surface area contributed by atoms with E-state index >= 15 is 0 Å². The number of hydrogen-bond donors (Lipinski definition) is 2. The second-order valence-electron chi connectivity index (χ2n) is 4.95. The molecular weight excluding hydrogens is 320 g/mol. The maximum absolute atomic E-state index is 12.2. The van der Waals surface area contributed by atoms with Crippen molar-refractivity contribution < 1.29 is 22.7 Å². The second-order valence-corrected chi connectivity index (χ2v) is 6.70. The van der Waals surface area contributed by atoms with Gasteiger partial charge in [0, 0.05) is 17.4 Å². The van der Waals surface area contributed by atoms with Crippen molar-refractivity contribution >= 4 is 27.5 Å². The maximum Gasteiger partial charge on any atom is 0.355 e. The molecule has 0 amide bonds. The van der Waals surface area contributed by atoms with Crippen molar-refractivity contribution in [2.45, 2.75) is 13.0 Å². The van der Waals surface area contributed by atoms with Crippen LogP contribution in [0.3, 0.4) is 0 Å². The minimum Gasteiger partial charge on any atom is -0.450 e. The third-order valence-corrected chi connectivity index (χ3v) is 3.55. The highest BCUT2D eigenvalue weighted by Crippen LogP contribution is 2.14. The van der Waals surface area contributed by atoms with Crippen LogP contribution in [0.4, 0.5) is 5.69 Å². The van der Waals surface area contributed by atoms with Gasteiger partial charge in [-0.3, -0.25) is 9.52 Å². The fraction of sp³-hybridized carbons (Fsp3) is 0.200. The van der Waals surface area contributed by atoms with Gasteiger partial charge < -0.3 is 9.72 Å². The van der Waals surface area contributed by atoms with Crippen LogP contribution in [0.15, 0.2) is 42.6 Å². The van der Waals surface area contributed by atoms with Gasteiger partial charge in [0.15, 0.2) is 6.10 Å². The molecule has 1 atom stereocenters. The third kappa shape index (κ3) is 4.68. The lowest BCUT2D eigenvalue weighted by atomic mass is 10.1. The highest BCUT2D eigenvalue weighted by molar-refractivity contribution is 7.92. The molecule has 122 valence electrons. The molecular formula is C15H16N2O5S. The minimum atomic E-state index is -3.38. The summed E-state index contributed by atoms with van der Waals surface area (Å²) in [5, 5.41) is 0. The van der Waals surface area contributed by atoms with Gasteiger partial charge >= 0.3 is 5.97 Å². The summed E-state index contributed by atoms with van der Waals surface area (Å²) in [4.78, 5) is 26.7. The lowest BCUT2D eigenvalue weighted by Gasteiger charge is -2.12. The van der Waals surface area contributed by atoms with E-state index in [2.05, 4.69) is 9.71 Å². The molecule has 1 aromatic carbocycles. The van der Waals surface area contributed by atoms with Crippen LogP contribution in [0.25, 0.3) is 0 Å². The number of carbonyl (C=O) groups excluding carboxylic acids is 2. The van der Waals surface area contributed by atoms with E-state index in [0.717, 1.165) is 6.26 Å². The summed E-state index contributed by atoms with van der Waals surface area (Å²) >= 11 is 0. The Morgan fingerprint density at radius 3 is 2.35 bits per heavy atom. The Morgan fingerprint density at radius 2 is 1.83 bits per heavy atom. The Morgan fingerprint density at radius 1 is 1.17 bits per heavy atom. The van der Waals surface area contributed by atoms with E-state index in [-0.39, 0.29) is 11.5 Å². The molecule has 0 radical (unpaired) electrons. The summed E-state index contributed by atoms with van der Waals surface area (Å²) in [7, 11) is -3.38. The molecule has 23 heavy (non-hydrogen) atoms. The van der Waals surface area contributed by atoms with E-state index in [9.17, 15) is 18.0 Å². The number of benzene rings is 1. The first-order chi connectivity index (χ1) is 10.8. The average Bonchev–Trinajstić information content (AvgIpc) is 3.00. The summed E-state index contributed by atoms with van der Waals surface area (Å²) in [5.41, 5.74) is 0.924. The molecule has 0 saturated carbocycles. The number of sulfonamides is 1. The van der Waals surface area contributed by atoms with E-state index in [1.807, 2.05) is 0 Å². The molecule has 0 spiro atoms. The molecule has 1 aromatic heterocycles. The Kier molecular flexibility index (Phi) is 4.85. The predicted molar refractivity (Wildman–Crippen MR) is 84.9 cm³/mol. The predicted octanol–water partition coefficient (Wildman–Crippen LogP) is 1.81. The third-order valence-electron chi connectivity index (χ3n) is 2.94. The number of esters is 1. The largest absolute Gasteiger partial charge is 0.450 e. The molecule has 7 nitrogen and oxygen atoms in total. The van der Waals surface area contributed by atoms with Crippen LogP contribution >= 0.6 is 0 Å². The van der Waals surface area contributed by atoms with E-state index in [1.165, 1.54) is 31.2 Å². The van der Waals surface area contributed by atoms with Crippen LogP contribution in [-0.4, -0.2) is 37.5 Å². The molecule has 0 aliphatic rings. The summed E-state index contributed by atoms with van der Waals surface area (Å²) in [6.45, 7) is 1.48. The molecule has 0 bridgehead atoms. The monoisotopic (exact) mass is 336 g/mol. The molecule has 0 aliphatic carbocycles. The fourth-order valence-corrected chi connectivity index (χ4v) is 2.45. The SMILES string of the molecule is C[C@@H](OC(=O)c1ccc[nH]1)C(=O)c1ccc(NS(C)(=O)=O)cc1. The van der Waals surface area contributed by atoms with Gasteiger partial charge in [0.05, 0.1) is 6.26 Å². The van der Waals surface area contributed by atoms with Crippen LogP contribution < -0.4 is 4.72 Å². The summed E-state index contributed by atoms with van der Waals surface area (Å²) in [6.07, 6.45) is 1.66. The number of hydrogen-bond acceptors (Lipinski definition) is 5. The summed E-state index contributed by atoms with van der Waals surface area (Å²) in [6, 6.07) is 9.06. The molecule has 8 heteroatoms. The van der Waals surface area contributed by atoms with Gasteiger partial charge in [-0.05, 0) is 43.3 Å². The Hall–Kier alpha value is -2.61. The zero-order chi connectivity index (χ0) is 17.0. The van der Waals surface area contributed by atoms with Gasteiger partial charge in [-0.15, -0.1) is 0 Å². The first-order valence-corrected chi connectivity index (χ1v) is 8.62. The van der Waals surface area contributed by atoms with Gasteiger partial charge in [0.2, 0.25) is 15.8 Å². The zero-order valence-electron chi connectivity index (χ0n) is 12.6. The normalized spacial score (nSPS) is 12.4. The summed E-state index contributed by atoms with van der Waals surface area (Å²) < 4.78 is 29.6. The van der Waals surface area contributed by atoms with Crippen molar-refractivity contribution in [3.05, 3.63) is 53.9 Å². The number of Topliss-reactive ketones (excluding diaryl/α,β-unsaturated/α-hetero) is 1. The van der Waals surface area contributed by atoms with Crippen LogP contribution in [0.1, 0.15) is 27.8 Å². The molecule has 0 aliphatic heterocycles. The number of ether oxygens (including phenoxy) is 1. The molecule has 1 heterocycles. The van der Waals surface area contributed by atoms with E-state index in [0.29, 0.717) is 11.3 Å². The lowest BCUT2D eigenvalue weighted by Crippen LogP contribution is -2.24. The molecule has 2 rings (SSSR count). The second kappa shape index (κ2) is 6.66. The van der Waals surface area contributed by atoms with Crippen molar-refractivity contribution in [3.8, 4) is 0 Å². The average molecular weight is 336 g/mol. The zero-order valence-corrected chi connectivity index (χ0v) is 13.4. The number of rotatable bonds is 6. The minimum absolute atomic E-state index is 0.261. The van der Waals surface area contributed by atoms with Crippen molar-refractivity contribution in [1.82, 2.24) is 4.98 Å². The van der Waals surface area contributed by atoms with Crippen molar-refractivity contribution in [3.63, 3.8) is 0 Å². The molecule has 0 unspecified atom stereocenters. The Bertz CT molecular complexity index is 795. The topological polar surface area (TPSA) is 105 Å². The van der Waals surface area contributed by atoms with E-state index in [4.69, 9.17) is 4.74 Å². The maximum atomic E-state index is 12.2. The van der Waals surface area contributed by atoms with Crippen LogP contribution in [-0.2, 0) is 14.8 Å². The molecule has 2 aromatic rings. The molecule has 2 N–H and O–H groups in total. The van der Waals surface area contributed by atoms with E-state index < -0.39 is 22.1 Å². The van der Waals surface area contributed by atoms with E-state index in [1.54, 1.807) is 18.3 Å². The van der Waals surface area contributed by atoms with Gasteiger partial charge in [0.1, 0.15) is 5.69 Å². The van der Waals surface area contributed by atoms with Crippen molar-refractivity contribution in [1.29, 1.82) is 0 Å². The number of aromatic amines is 1. The van der Waals surface area contributed by atoms with Crippen molar-refractivity contribution in [2.24, 2.45) is 0 Å². The molecule has 0 fully saturated rings. The highest BCUT2D eigenvalue weighted by atomic mass is 32.2.